The molecule has 1 aliphatic rings. The third kappa shape index (κ3) is 5.03. The Morgan fingerprint density at radius 2 is 1.83 bits per heavy atom. The number of piperazine rings is 1. The number of nitrogens with one attached hydrogen (secondary N) is 1. The Balaban J connectivity index is 1.79. The summed E-state index contributed by atoms with van der Waals surface area (Å²) >= 11 is 1.42. The monoisotopic (exact) mass is 534 g/mol. The number of thioether (sulfide) groups is 1. The van der Waals surface area contributed by atoms with Crippen molar-refractivity contribution >= 4 is 45.0 Å². The van der Waals surface area contributed by atoms with Crippen molar-refractivity contribution in [2.45, 2.75) is 31.7 Å². The van der Waals surface area contributed by atoms with Crippen molar-refractivity contribution < 1.29 is 13.0 Å². The van der Waals surface area contributed by atoms with Gasteiger partial charge in [-0.15, -0.1) is 11.8 Å². The van der Waals surface area contributed by atoms with Gasteiger partial charge in [-0.3, -0.25) is 9.36 Å². The van der Waals surface area contributed by atoms with Crippen molar-refractivity contribution in [3.05, 3.63) is 63.4 Å². The number of anilines is 2. The number of fused-ring (bicyclic) bond motifs is 1. The van der Waals surface area contributed by atoms with Gasteiger partial charge in [0.05, 0.1) is 16.4 Å². The standard InChI is InChI=1S/C26H32F2N4O2S2/c1-6-36(34)32-11-9-31(10-12-32)25-24(28)23-19(13-16(2)14-20(23)26(33)30(25)4)17(3)29-21-8-7-18(27)15-22(21)35-5/h7-8,13-15,17,29H,6,9-12H2,1-5H3/t17-,36?/m1/s1. The molecule has 1 saturated heterocycles. The van der Waals surface area contributed by atoms with Gasteiger partial charge in [-0.2, -0.15) is 0 Å². The average molecular weight is 535 g/mol. The zero-order chi connectivity index (χ0) is 26.1. The first-order valence-electron chi connectivity index (χ1n) is 12.0. The first kappa shape index (κ1) is 26.6. The van der Waals surface area contributed by atoms with E-state index in [-0.39, 0.29) is 23.2 Å². The fourth-order valence-corrected chi connectivity index (χ4v) is 6.35. The Hall–Kier alpha value is -2.43. The van der Waals surface area contributed by atoms with E-state index in [9.17, 15) is 13.4 Å². The molecule has 2 aromatic carbocycles. The van der Waals surface area contributed by atoms with Gasteiger partial charge < -0.3 is 10.2 Å². The van der Waals surface area contributed by atoms with Crippen LogP contribution in [0.5, 0.6) is 0 Å². The lowest BCUT2D eigenvalue weighted by Gasteiger charge is -2.36. The second-order valence-corrected chi connectivity index (χ2v) is 11.6. The number of benzene rings is 2. The van der Waals surface area contributed by atoms with Gasteiger partial charge in [0.2, 0.25) is 0 Å². The quantitative estimate of drug-likeness (QED) is 0.441. The second-order valence-electron chi connectivity index (χ2n) is 9.02. The SMILES string of the molecule is CCS(=O)N1CCN(c2c(F)c3c([C@@H](C)Nc4ccc(F)cc4SC)cc(C)cc3c(=O)n2C)CC1. The van der Waals surface area contributed by atoms with Crippen LogP contribution in [0.3, 0.4) is 0 Å². The molecule has 4 rings (SSSR count). The lowest BCUT2D eigenvalue weighted by Crippen LogP contribution is -2.49. The molecular formula is C26H32F2N4O2S2. The summed E-state index contributed by atoms with van der Waals surface area (Å²) in [7, 11) is 0.553. The van der Waals surface area contributed by atoms with E-state index in [1.165, 1.54) is 28.5 Å². The van der Waals surface area contributed by atoms with Gasteiger partial charge in [-0.05, 0) is 55.5 Å². The van der Waals surface area contributed by atoms with E-state index in [1.54, 1.807) is 19.2 Å². The molecule has 1 unspecified atom stereocenters. The number of pyridine rings is 1. The molecule has 0 saturated carbocycles. The van der Waals surface area contributed by atoms with Gasteiger partial charge in [-0.1, -0.05) is 13.0 Å². The highest BCUT2D eigenvalue weighted by Gasteiger charge is 2.28. The smallest absolute Gasteiger partial charge is 0.259 e. The summed E-state index contributed by atoms with van der Waals surface area (Å²) in [5.74, 6) is 0.0341. The minimum Gasteiger partial charge on any atom is -0.378 e. The first-order chi connectivity index (χ1) is 17.2. The Kier molecular flexibility index (Phi) is 8.06. The fraction of sp³-hybridized carbons (Fsp3) is 0.423. The van der Waals surface area contributed by atoms with Crippen LogP contribution in [-0.4, -0.2) is 51.3 Å². The molecule has 1 aliphatic heterocycles. The molecule has 0 aliphatic carbocycles. The molecule has 10 heteroatoms. The molecule has 2 atom stereocenters. The summed E-state index contributed by atoms with van der Waals surface area (Å²) in [6.07, 6.45) is 1.87. The molecule has 6 nitrogen and oxygen atoms in total. The highest BCUT2D eigenvalue weighted by atomic mass is 32.2. The van der Waals surface area contributed by atoms with Crippen LogP contribution in [0.15, 0.2) is 40.0 Å². The predicted octanol–water partition coefficient (Wildman–Crippen LogP) is 4.83. The van der Waals surface area contributed by atoms with Crippen LogP contribution in [0.4, 0.5) is 20.3 Å². The van der Waals surface area contributed by atoms with E-state index in [4.69, 9.17) is 0 Å². The Morgan fingerprint density at radius 1 is 1.14 bits per heavy atom. The number of aromatic nitrogens is 1. The second kappa shape index (κ2) is 10.9. The van der Waals surface area contributed by atoms with Crippen LogP contribution in [0.1, 0.15) is 31.0 Å². The summed E-state index contributed by atoms with van der Waals surface area (Å²) < 4.78 is 45.6. The third-order valence-corrected chi connectivity index (χ3v) is 8.87. The molecule has 0 bridgehead atoms. The van der Waals surface area contributed by atoms with Gasteiger partial charge in [0.1, 0.15) is 11.6 Å². The number of halogens is 2. The number of hydrogen-bond acceptors (Lipinski definition) is 5. The summed E-state index contributed by atoms with van der Waals surface area (Å²) in [5.41, 5.74) is 2.01. The average Bonchev–Trinajstić information content (AvgIpc) is 2.87. The molecular weight excluding hydrogens is 502 g/mol. The summed E-state index contributed by atoms with van der Waals surface area (Å²) in [6, 6.07) is 7.82. The first-order valence-corrected chi connectivity index (χ1v) is 14.5. The maximum atomic E-state index is 16.3. The molecule has 0 radical (unpaired) electrons. The Bertz CT molecular complexity index is 1370. The van der Waals surface area contributed by atoms with Gasteiger partial charge in [-0.25, -0.2) is 17.3 Å². The maximum Gasteiger partial charge on any atom is 0.259 e. The highest BCUT2D eigenvalue weighted by Crippen LogP contribution is 2.35. The molecule has 1 fully saturated rings. The van der Waals surface area contributed by atoms with Gasteiger partial charge in [0.15, 0.2) is 5.82 Å². The third-order valence-electron chi connectivity index (χ3n) is 6.66. The molecule has 36 heavy (non-hydrogen) atoms. The van der Waals surface area contributed by atoms with Crippen molar-refractivity contribution in [2.24, 2.45) is 7.05 Å². The minimum atomic E-state index is -1.05. The Morgan fingerprint density at radius 3 is 2.47 bits per heavy atom. The fourth-order valence-electron chi connectivity index (χ4n) is 4.84. The topological polar surface area (TPSA) is 57.6 Å². The lowest BCUT2D eigenvalue weighted by molar-refractivity contribution is 0.404. The van der Waals surface area contributed by atoms with Gasteiger partial charge >= 0.3 is 0 Å². The zero-order valence-electron chi connectivity index (χ0n) is 21.2. The molecule has 3 aromatic rings. The van der Waals surface area contributed by atoms with Crippen LogP contribution >= 0.6 is 11.8 Å². The van der Waals surface area contributed by atoms with Gasteiger partial charge in [0, 0.05) is 61.0 Å². The van der Waals surface area contributed by atoms with Gasteiger partial charge in [0.25, 0.3) is 5.56 Å². The number of nitrogens with zero attached hydrogens (tertiary/aromatic N) is 3. The molecule has 2 heterocycles. The number of hydrogen-bond donors (Lipinski definition) is 1. The maximum absolute atomic E-state index is 16.3. The van der Waals surface area contributed by atoms with Crippen LogP contribution in [0.25, 0.3) is 10.8 Å². The molecule has 194 valence electrons. The zero-order valence-corrected chi connectivity index (χ0v) is 22.9. The van der Waals surface area contributed by atoms with E-state index in [0.717, 1.165) is 16.1 Å². The molecule has 0 spiro atoms. The normalized spacial score (nSPS) is 16.4. The van der Waals surface area contributed by atoms with Crippen molar-refractivity contribution in [3.63, 3.8) is 0 Å². The predicted molar refractivity (Wildman–Crippen MR) is 147 cm³/mol. The van der Waals surface area contributed by atoms with Crippen molar-refractivity contribution in [2.75, 3.05) is 48.4 Å². The lowest BCUT2D eigenvalue weighted by atomic mass is 9.96. The largest absolute Gasteiger partial charge is 0.378 e. The van der Waals surface area contributed by atoms with E-state index >= 15 is 4.39 Å². The number of aryl methyl sites for hydroxylation is 1. The van der Waals surface area contributed by atoms with Crippen LogP contribution in [-0.2, 0) is 18.0 Å². The summed E-state index contributed by atoms with van der Waals surface area (Å²) in [4.78, 5) is 16.0. The van der Waals surface area contributed by atoms with Crippen LogP contribution in [0.2, 0.25) is 0 Å². The summed E-state index contributed by atoms with van der Waals surface area (Å²) in [6.45, 7) is 7.70. The van der Waals surface area contributed by atoms with E-state index in [2.05, 4.69) is 5.32 Å². The van der Waals surface area contributed by atoms with Crippen LogP contribution < -0.4 is 15.8 Å². The molecule has 1 aromatic heterocycles. The Labute approximate surface area is 217 Å². The molecule has 0 amide bonds. The van der Waals surface area contributed by atoms with E-state index in [1.807, 2.05) is 42.3 Å². The van der Waals surface area contributed by atoms with Crippen LogP contribution in [0, 0.1) is 18.6 Å². The summed E-state index contributed by atoms with van der Waals surface area (Å²) in [5, 5.41) is 4.02. The van der Waals surface area contributed by atoms with Crippen molar-refractivity contribution in [3.8, 4) is 0 Å². The van der Waals surface area contributed by atoms with Crippen molar-refractivity contribution in [1.82, 2.24) is 8.87 Å². The minimum absolute atomic E-state index is 0.248. The van der Waals surface area contributed by atoms with E-state index in [0.29, 0.717) is 48.3 Å². The molecule has 1 N–H and O–H groups in total. The highest BCUT2D eigenvalue weighted by molar-refractivity contribution is 7.98. The number of rotatable bonds is 7. The van der Waals surface area contributed by atoms with E-state index < -0.39 is 16.8 Å². The van der Waals surface area contributed by atoms with Crippen molar-refractivity contribution in [1.29, 1.82) is 0 Å².